The van der Waals surface area contributed by atoms with E-state index in [4.69, 9.17) is 12.2 Å². The van der Waals surface area contributed by atoms with Gasteiger partial charge in [-0.1, -0.05) is 12.2 Å². The van der Waals surface area contributed by atoms with E-state index >= 15 is 0 Å². The van der Waals surface area contributed by atoms with Crippen LogP contribution in [0.1, 0.15) is 34.1 Å². The van der Waals surface area contributed by atoms with Crippen LogP contribution in [-0.4, -0.2) is 28.9 Å². The summed E-state index contributed by atoms with van der Waals surface area (Å²) in [5, 5.41) is 1.82. The fraction of sp³-hybridized carbons (Fsp3) is 0.889. The van der Waals surface area contributed by atoms with Crippen LogP contribution >= 0.6 is 12.2 Å². The summed E-state index contributed by atoms with van der Waals surface area (Å²) in [5.74, 6) is 0. The Balaban J connectivity index is 3.79. The summed E-state index contributed by atoms with van der Waals surface area (Å²) in [6.07, 6.45) is 1.02. The monoisotopic (exact) mass is 173 g/mol. The normalized spacial score (nSPS) is 11.5. The van der Waals surface area contributed by atoms with Crippen molar-refractivity contribution in [3.63, 3.8) is 0 Å². The van der Waals surface area contributed by atoms with Crippen molar-refractivity contribution >= 4 is 17.6 Å². The lowest BCUT2D eigenvalue weighted by atomic mass is 10.2. The lowest BCUT2D eigenvalue weighted by Crippen LogP contribution is -2.37. The Morgan fingerprint density at radius 2 is 1.64 bits per heavy atom. The van der Waals surface area contributed by atoms with Crippen LogP contribution in [0.2, 0.25) is 0 Å². The molecular weight excluding hydrogens is 154 g/mol. The Morgan fingerprint density at radius 1 is 1.18 bits per heavy atom. The Bertz CT molecular complexity index is 102. The van der Waals surface area contributed by atoms with E-state index in [-0.39, 0.29) is 0 Å². The predicted octanol–water partition coefficient (Wildman–Crippen LogP) is 2.50. The van der Waals surface area contributed by atoms with Crippen molar-refractivity contribution in [3.05, 3.63) is 0 Å². The third kappa shape index (κ3) is 4.49. The van der Waals surface area contributed by atoms with E-state index in [1.165, 1.54) is 0 Å². The maximum absolute atomic E-state index is 4.79. The molecule has 0 spiro atoms. The van der Waals surface area contributed by atoms with Crippen LogP contribution in [0.3, 0.4) is 0 Å². The largest absolute Gasteiger partial charge is 0.298 e. The zero-order chi connectivity index (χ0) is 8.85. The molecule has 1 nitrogen and oxygen atoms in total. The van der Waals surface area contributed by atoms with Crippen LogP contribution in [-0.2, 0) is 0 Å². The van der Waals surface area contributed by atoms with Gasteiger partial charge in [-0.2, -0.15) is 0 Å². The predicted molar refractivity (Wildman–Crippen MR) is 55.3 cm³/mol. The smallest absolute Gasteiger partial charge is 0.00414 e. The van der Waals surface area contributed by atoms with Crippen molar-refractivity contribution in [1.29, 1.82) is 0 Å². The van der Waals surface area contributed by atoms with Crippen molar-refractivity contribution in [2.45, 2.75) is 46.2 Å². The van der Waals surface area contributed by atoms with Crippen LogP contribution in [0, 0.1) is 0 Å². The van der Waals surface area contributed by atoms with Gasteiger partial charge < -0.3 is 0 Å². The van der Waals surface area contributed by atoms with E-state index < -0.39 is 0 Å². The Hall–Kier alpha value is 0.0500. The minimum Gasteiger partial charge on any atom is -0.298 e. The number of thiocarbonyl (C=S) groups is 1. The zero-order valence-corrected chi connectivity index (χ0v) is 8.82. The van der Waals surface area contributed by atoms with Crippen LogP contribution in [0.4, 0.5) is 0 Å². The maximum atomic E-state index is 4.79. The summed E-state index contributed by atoms with van der Waals surface area (Å²) in [6.45, 7) is 10.00. The lowest BCUT2D eigenvalue weighted by Gasteiger charge is -2.29. The summed E-state index contributed by atoms with van der Waals surface area (Å²) >= 11 is 4.79. The topological polar surface area (TPSA) is 3.24 Å². The maximum Gasteiger partial charge on any atom is 0.00414 e. The van der Waals surface area contributed by atoms with Gasteiger partial charge in [-0.05, 0) is 39.5 Å². The van der Waals surface area contributed by atoms with Crippen molar-refractivity contribution in [1.82, 2.24) is 4.90 Å². The molecule has 0 rings (SSSR count). The van der Waals surface area contributed by atoms with Gasteiger partial charge in [0.2, 0.25) is 0 Å². The van der Waals surface area contributed by atoms with Gasteiger partial charge in [-0.3, -0.25) is 4.90 Å². The van der Waals surface area contributed by atoms with Crippen molar-refractivity contribution in [3.8, 4) is 0 Å². The Labute approximate surface area is 75.8 Å². The highest BCUT2D eigenvalue weighted by atomic mass is 32.1. The molecular formula is C9H19NS. The fourth-order valence-electron chi connectivity index (χ4n) is 1.31. The Kier molecular flexibility index (Phi) is 5.69. The van der Waals surface area contributed by atoms with Crippen molar-refractivity contribution in [2.75, 3.05) is 6.54 Å². The van der Waals surface area contributed by atoms with Gasteiger partial charge in [0, 0.05) is 18.6 Å². The number of rotatable bonds is 5. The molecule has 0 aliphatic rings. The van der Waals surface area contributed by atoms with Crippen LogP contribution in [0.5, 0.6) is 0 Å². The molecule has 2 heteroatoms. The summed E-state index contributed by atoms with van der Waals surface area (Å²) in [5.41, 5.74) is 0. The second kappa shape index (κ2) is 5.67. The molecule has 0 atom stereocenters. The molecule has 11 heavy (non-hydrogen) atoms. The molecule has 0 bridgehead atoms. The second-order valence-corrected chi connectivity index (χ2v) is 3.71. The highest BCUT2D eigenvalue weighted by Crippen LogP contribution is 2.04. The fourth-order valence-corrected chi connectivity index (χ4v) is 1.42. The molecule has 0 aromatic heterocycles. The lowest BCUT2D eigenvalue weighted by molar-refractivity contribution is 0.181. The summed E-state index contributed by atoms with van der Waals surface area (Å²) in [7, 11) is 0. The van der Waals surface area contributed by atoms with E-state index in [9.17, 15) is 0 Å². The van der Waals surface area contributed by atoms with Crippen LogP contribution in [0.15, 0.2) is 0 Å². The van der Waals surface area contributed by atoms with E-state index in [1.54, 1.807) is 0 Å². The van der Waals surface area contributed by atoms with E-state index in [0.29, 0.717) is 12.1 Å². The van der Waals surface area contributed by atoms with Gasteiger partial charge in [-0.15, -0.1) is 0 Å². The summed E-state index contributed by atoms with van der Waals surface area (Å²) < 4.78 is 0. The first-order valence-electron chi connectivity index (χ1n) is 4.29. The van der Waals surface area contributed by atoms with E-state index in [2.05, 4.69) is 32.6 Å². The molecule has 0 aliphatic carbocycles. The summed E-state index contributed by atoms with van der Waals surface area (Å²) in [6, 6.07) is 1.26. The third-order valence-electron chi connectivity index (χ3n) is 1.83. The number of nitrogens with zero attached hydrogens (tertiary/aromatic N) is 1. The first-order chi connectivity index (χ1) is 5.09. The van der Waals surface area contributed by atoms with Crippen molar-refractivity contribution < 1.29 is 0 Å². The molecule has 0 fully saturated rings. The van der Waals surface area contributed by atoms with Crippen LogP contribution < -0.4 is 0 Å². The molecule has 0 aromatic rings. The third-order valence-corrected chi connectivity index (χ3v) is 2.07. The highest BCUT2D eigenvalue weighted by Gasteiger charge is 2.11. The quantitative estimate of drug-likeness (QED) is 0.588. The molecule has 0 amide bonds. The Morgan fingerprint density at radius 3 is 1.91 bits per heavy atom. The number of hydrogen-bond donors (Lipinski definition) is 0. The van der Waals surface area contributed by atoms with Gasteiger partial charge in [0.1, 0.15) is 0 Å². The molecule has 0 saturated carbocycles. The van der Waals surface area contributed by atoms with E-state index in [1.807, 2.05) is 5.37 Å². The minimum absolute atomic E-state index is 0.630. The van der Waals surface area contributed by atoms with Crippen molar-refractivity contribution in [2.24, 2.45) is 0 Å². The zero-order valence-electron chi connectivity index (χ0n) is 8.00. The van der Waals surface area contributed by atoms with E-state index in [0.717, 1.165) is 13.0 Å². The van der Waals surface area contributed by atoms with Gasteiger partial charge in [-0.25, -0.2) is 0 Å². The molecule has 0 aromatic carbocycles. The summed E-state index contributed by atoms with van der Waals surface area (Å²) in [4.78, 5) is 2.45. The van der Waals surface area contributed by atoms with Gasteiger partial charge in [0.05, 0.1) is 0 Å². The molecule has 0 heterocycles. The number of hydrogen-bond acceptors (Lipinski definition) is 2. The molecule has 66 valence electrons. The SMILES string of the molecule is CC(C)N(CCC=S)C(C)C. The second-order valence-electron chi connectivity index (χ2n) is 3.38. The average Bonchev–Trinajstić information content (AvgIpc) is 1.87. The first kappa shape index (κ1) is 11.1. The molecule has 0 saturated heterocycles. The average molecular weight is 173 g/mol. The molecule has 0 N–H and O–H groups in total. The minimum atomic E-state index is 0.630. The molecule has 0 radical (unpaired) electrons. The molecule has 0 unspecified atom stereocenters. The standard InChI is InChI=1S/C9H19NS/c1-8(2)10(9(3)4)6-5-7-11/h7-9H,5-6H2,1-4H3. The van der Waals surface area contributed by atoms with Crippen LogP contribution in [0.25, 0.3) is 0 Å². The van der Waals surface area contributed by atoms with Gasteiger partial charge in [0.25, 0.3) is 0 Å². The van der Waals surface area contributed by atoms with Gasteiger partial charge >= 0.3 is 0 Å². The van der Waals surface area contributed by atoms with Gasteiger partial charge in [0.15, 0.2) is 0 Å². The first-order valence-corrected chi connectivity index (χ1v) is 4.76. The molecule has 0 aliphatic heterocycles. The highest BCUT2D eigenvalue weighted by molar-refractivity contribution is 7.78.